The van der Waals surface area contributed by atoms with Crippen LogP contribution >= 0.6 is 0 Å². The predicted octanol–water partition coefficient (Wildman–Crippen LogP) is 2.66. The fourth-order valence-electron chi connectivity index (χ4n) is 0.167. The van der Waals surface area contributed by atoms with Gasteiger partial charge >= 0.3 is 0 Å². The maximum Gasteiger partial charge on any atom is 0.0696 e. The molecular formula is C10H22O2. The minimum Gasteiger partial charge on any atom is -0.382 e. The zero-order chi connectivity index (χ0) is 10.2. The lowest BCUT2D eigenvalue weighted by Gasteiger charge is -1.91. The Morgan fingerprint density at radius 3 is 1.17 bits per heavy atom. The highest BCUT2D eigenvalue weighted by Gasteiger charge is 1.73. The van der Waals surface area contributed by atoms with Crippen molar-refractivity contribution in [1.82, 2.24) is 0 Å². The van der Waals surface area contributed by atoms with Crippen LogP contribution in [0.2, 0.25) is 0 Å². The lowest BCUT2D eigenvalue weighted by atomic mass is 10.8. The molecule has 0 aromatic carbocycles. The Balaban J connectivity index is -0.000000115. The summed E-state index contributed by atoms with van der Waals surface area (Å²) in [6.45, 7) is 11.9. The van der Waals surface area contributed by atoms with E-state index in [1.165, 1.54) is 0 Å². The van der Waals surface area contributed by atoms with Gasteiger partial charge in [-0.15, -0.1) is 13.2 Å². The third-order valence-corrected chi connectivity index (χ3v) is 0.492. The van der Waals surface area contributed by atoms with Gasteiger partial charge in [-0.1, -0.05) is 12.2 Å². The highest BCUT2D eigenvalue weighted by atomic mass is 16.5. The third kappa shape index (κ3) is 115. The molecule has 0 bridgehead atoms. The first-order valence-corrected chi connectivity index (χ1v) is 3.87. The minimum atomic E-state index is 0.691. The van der Waals surface area contributed by atoms with E-state index in [0.29, 0.717) is 13.2 Å². The summed E-state index contributed by atoms with van der Waals surface area (Å²) in [6.07, 6.45) is 3.50. The lowest BCUT2D eigenvalue weighted by molar-refractivity contribution is 0.103. The fraction of sp³-hybridized carbons (Fsp3) is 0.600. The van der Waals surface area contributed by atoms with Gasteiger partial charge in [0.05, 0.1) is 13.2 Å². The second-order valence-corrected chi connectivity index (χ2v) is 1.80. The molecule has 0 saturated carbocycles. The molecule has 2 heteroatoms. The number of ether oxygens (including phenoxy) is 2. The molecule has 0 fully saturated rings. The van der Waals surface area contributed by atoms with Crippen molar-refractivity contribution in [3.63, 3.8) is 0 Å². The quantitative estimate of drug-likeness (QED) is 0.484. The number of rotatable bonds is 3. The Kier molecular flexibility index (Phi) is 45.9. The first-order valence-electron chi connectivity index (χ1n) is 3.87. The topological polar surface area (TPSA) is 18.5 Å². The van der Waals surface area contributed by atoms with Crippen LogP contribution in [0, 0.1) is 0 Å². The molecule has 0 saturated heterocycles. The molecule has 0 heterocycles. The first kappa shape index (κ1) is 17.5. The van der Waals surface area contributed by atoms with Crippen LogP contribution in [0.3, 0.4) is 0 Å². The van der Waals surface area contributed by atoms with E-state index in [4.69, 9.17) is 0 Å². The Morgan fingerprint density at radius 2 is 1.08 bits per heavy atom. The predicted molar refractivity (Wildman–Crippen MR) is 55.5 cm³/mol. The van der Waals surface area contributed by atoms with Gasteiger partial charge in [0.1, 0.15) is 0 Å². The van der Waals surface area contributed by atoms with Crippen molar-refractivity contribution in [3.05, 3.63) is 25.3 Å². The van der Waals surface area contributed by atoms with E-state index < -0.39 is 0 Å². The second kappa shape index (κ2) is 31.5. The van der Waals surface area contributed by atoms with E-state index in [-0.39, 0.29) is 0 Å². The fourth-order valence-corrected chi connectivity index (χ4v) is 0.167. The number of methoxy groups -OCH3 is 2. The first-order chi connectivity index (χ1) is 5.74. The van der Waals surface area contributed by atoms with E-state index in [2.05, 4.69) is 22.6 Å². The normalized spacial score (nSPS) is 6.67. The van der Waals surface area contributed by atoms with E-state index >= 15 is 0 Å². The summed E-state index contributed by atoms with van der Waals surface area (Å²) in [7, 11) is 3.30. The number of allylic oxidation sites excluding steroid dienone is 2. The molecule has 0 rings (SSSR count). The minimum absolute atomic E-state index is 0.691. The largest absolute Gasteiger partial charge is 0.382 e. The zero-order valence-electron chi connectivity index (χ0n) is 8.80. The average molecular weight is 174 g/mol. The van der Waals surface area contributed by atoms with E-state index in [9.17, 15) is 0 Å². The van der Waals surface area contributed by atoms with Gasteiger partial charge in [-0.05, 0) is 13.8 Å². The van der Waals surface area contributed by atoms with Crippen molar-refractivity contribution in [2.45, 2.75) is 13.8 Å². The van der Waals surface area contributed by atoms with Crippen molar-refractivity contribution < 1.29 is 9.47 Å². The van der Waals surface area contributed by atoms with Crippen molar-refractivity contribution >= 4 is 0 Å². The number of hydrogen-bond donors (Lipinski definition) is 0. The molecule has 0 amide bonds. The smallest absolute Gasteiger partial charge is 0.0696 e. The summed E-state index contributed by atoms with van der Waals surface area (Å²) < 4.78 is 9.31. The van der Waals surface area contributed by atoms with Crippen LogP contribution in [0.4, 0.5) is 0 Å². The molecule has 0 aliphatic heterocycles. The maximum absolute atomic E-state index is 4.66. The van der Waals surface area contributed by atoms with Crippen molar-refractivity contribution in [2.24, 2.45) is 0 Å². The zero-order valence-corrected chi connectivity index (χ0v) is 8.80. The Bertz CT molecular complexity index is 60.2. The highest BCUT2D eigenvalue weighted by Crippen LogP contribution is 1.65. The van der Waals surface area contributed by atoms with Crippen LogP contribution in [-0.2, 0) is 9.47 Å². The van der Waals surface area contributed by atoms with E-state index in [1.54, 1.807) is 26.4 Å². The standard InChI is InChI=1S/C4H10O2.2C3H6/c1-5-3-4-6-2;2*1-3-2/h3-4H2,1-2H3;2*3H,1H2,2H3. The van der Waals surface area contributed by atoms with Gasteiger partial charge in [0.25, 0.3) is 0 Å². The van der Waals surface area contributed by atoms with Crippen LogP contribution in [-0.4, -0.2) is 27.4 Å². The van der Waals surface area contributed by atoms with Gasteiger partial charge < -0.3 is 9.47 Å². The summed E-state index contributed by atoms with van der Waals surface area (Å²) in [6, 6.07) is 0. The Hall–Kier alpha value is -0.600. The van der Waals surface area contributed by atoms with Crippen LogP contribution in [0.5, 0.6) is 0 Å². The summed E-state index contributed by atoms with van der Waals surface area (Å²) >= 11 is 0. The Morgan fingerprint density at radius 1 is 0.917 bits per heavy atom. The van der Waals surface area contributed by atoms with Crippen LogP contribution in [0.25, 0.3) is 0 Å². The average Bonchev–Trinajstić information content (AvgIpc) is 2.04. The summed E-state index contributed by atoms with van der Waals surface area (Å²) in [5.41, 5.74) is 0. The van der Waals surface area contributed by atoms with Crippen molar-refractivity contribution in [2.75, 3.05) is 27.4 Å². The molecule has 0 aliphatic rings. The van der Waals surface area contributed by atoms with Gasteiger partial charge in [-0.25, -0.2) is 0 Å². The monoisotopic (exact) mass is 174 g/mol. The molecule has 0 radical (unpaired) electrons. The maximum atomic E-state index is 4.66. The van der Waals surface area contributed by atoms with E-state index in [0.717, 1.165) is 0 Å². The highest BCUT2D eigenvalue weighted by molar-refractivity contribution is 4.51. The van der Waals surface area contributed by atoms with Crippen LogP contribution in [0.1, 0.15) is 13.8 Å². The summed E-state index contributed by atoms with van der Waals surface area (Å²) in [4.78, 5) is 0. The van der Waals surface area contributed by atoms with Gasteiger partial charge in [0.2, 0.25) is 0 Å². The molecule has 0 atom stereocenters. The molecule has 0 spiro atoms. The molecule has 0 aromatic rings. The van der Waals surface area contributed by atoms with Gasteiger partial charge in [0.15, 0.2) is 0 Å². The molecule has 0 aromatic heterocycles. The van der Waals surface area contributed by atoms with Crippen molar-refractivity contribution in [1.29, 1.82) is 0 Å². The Labute approximate surface area is 76.9 Å². The molecular weight excluding hydrogens is 152 g/mol. The lowest BCUT2D eigenvalue weighted by Crippen LogP contribution is -1.96. The van der Waals surface area contributed by atoms with E-state index in [1.807, 2.05) is 13.8 Å². The molecule has 0 aliphatic carbocycles. The molecule has 0 N–H and O–H groups in total. The molecule has 12 heavy (non-hydrogen) atoms. The SMILES string of the molecule is C=CC.C=CC.COCCOC. The molecule has 2 nitrogen and oxygen atoms in total. The van der Waals surface area contributed by atoms with Crippen LogP contribution < -0.4 is 0 Å². The van der Waals surface area contributed by atoms with Gasteiger partial charge in [-0.2, -0.15) is 0 Å². The van der Waals surface area contributed by atoms with Gasteiger partial charge in [0, 0.05) is 14.2 Å². The van der Waals surface area contributed by atoms with Gasteiger partial charge in [-0.3, -0.25) is 0 Å². The number of hydrogen-bond acceptors (Lipinski definition) is 2. The third-order valence-electron chi connectivity index (χ3n) is 0.492. The molecule has 0 unspecified atom stereocenters. The summed E-state index contributed by atoms with van der Waals surface area (Å²) in [5.74, 6) is 0. The van der Waals surface area contributed by atoms with Crippen molar-refractivity contribution in [3.8, 4) is 0 Å². The van der Waals surface area contributed by atoms with Crippen LogP contribution in [0.15, 0.2) is 25.3 Å². The summed E-state index contributed by atoms with van der Waals surface area (Å²) in [5, 5.41) is 0. The second-order valence-electron chi connectivity index (χ2n) is 1.80. The molecule has 74 valence electrons.